The van der Waals surface area contributed by atoms with E-state index >= 15 is 0 Å². The lowest BCUT2D eigenvalue weighted by Gasteiger charge is -2.46. The Morgan fingerprint density at radius 1 is 1.27 bits per heavy atom. The molecule has 0 aromatic carbocycles. The number of hydrogen-bond acceptors (Lipinski definition) is 2. The van der Waals surface area contributed by atoms with E-state index < -0.39 is 0 Å². The Bertz CT molecular complexity index is 132. The quantitative estimate of drug-likeness (QED) is 0.616. The molecule has 1 spiro atoms. The van der Waals surface area contributed by atoms with Crippen molar-refractivity contribution < 1.29 is 4.74 Å². The summed E-state index contributed by atoms with van der Waals surface area (Å²) in [5.41, 5.74) is 6.22. The van der Waals surface area contributed by atoms with E-state index in [0.717, 1.165) is 25.7 Å². The van der Waals surface area contributed by atoms with Gasteiger partial charge in [-0.3, -0.25) is 0 Å². The second-order valence-electron chi connectivity index (χ2n) is 4.17. The predicted octanol–water partition coefficient (Wildman–Crippen LogP) is 1.15. The lowest BCUT2D eigenvalue weighted by atomic mass is 9.69. The molecule has 11 heavy (non-hydrogen) atoms. The fourth-order valence-electron chi connectivity index (χ4n) is 2.21. The highest BCUT2D eigenvalue weighted by Gasteiger charge is 2.41. The molecule has 0 bridgehead atoms. The van der Waals surface area contributed by atoms with Crippen LogP contribution in [0, 0.1) is 11.3 Å². The van der Waals surface area contributed by atoms with Crippen LogP contribution < -0.4 is 5.73 Å². The van der Waals surface area contributed by atoms with Crippen LogP contribution in [0.4, 0.5) is 0 Å². The van der Waals surface area contributed by atoms with Crippen molar-refractivity contribution in [2.75, 3.05) is 19.8 Å². The third kappa shape index (κ3) is 1.30. The molecule has 2 aliphatic rings. The van der Waals surface area contributed by atoms with E-state index in [0.29, 0.717) is 5.41 Å². The smallest absolute Gasteiger partial charge is 0.0544 e. The van der Waals surface area contributed by atoms with Crippen LogP contribution in [-0.4, -0.2) is 19.8 Å². The van der Waals surface area contributed by atoms with Crippen molar-refractivity contribution in [3.05, 3.63) is 0 Å². The number of hydrogen-bond donors (Lipinski definition) is 1. The van der Waals surface area contributed by atoms with E-state index in [1.165, 1.54) is 25.7 Å². The Morgan fingerprint density at radius 3 is 2.27 bits per heavy atom. The number of rotatable bonds is 1. The monoisotopic (exact) mass is 155 g/mol. The Hall–Kier alpha value is -0.0800. The summed E-state index contributed by atoms with van der Waals surface area (Å²) in [7, 11) is 0. The fourth-order valence-corrected chi connectivity index (χ4v) is 2.21. The van der Waals surface area contributed by atoms with Gasteiger partial charge in [0, 0.05) is 5.41 Å². The first-order valence-electron chi connectivity index (χ1n) is 4.62. The molecule has 2 rings (SSSR count). The van der Waals surface area contributed by atoms with Gasteiger partial charge in [0.25, 0.3) is 0 Å². The van der Waals surface area contributed by atoms with Gasteiger partial charge in [-0.1, -0.05) is 0 Å². The van der Waals surface area contributed by atoms with Gasteiger partial charge in [-0.25, -0.2) is 0 Å². The Kier molecular flexibility index (Phi) is 1.90. The Balaban J connectivity index is 1.84. The summed E-state index contributed by atoms with van der Waals surface area (Å²) in [5, 5.41) is 0. The van der Waals surface area contributed by atoms with Crippen molar-refractivity contribution in [2.45, 2.75) is 25.7 Å². The van der Waals surface area contributed by atoms with Crippen molar-refractivity contribution in [1.29, 1.82) is 0 Å². The van der Waals surface area contributed by atoms with Crippen molar-refractivity contribution in [3.8, 4) is 0 Å². The highest BCUT2D eigenvalue weighted by Crippen LogP contribution is 2.43. The summed E-state index contributed by atoms with van der Waals surface area (Å²) in [6.07, 6.45) is 5.38. The van der Waals surface area contributed by atoms with Gasteiger partial charge < -0.3 is 10.5 Å². The highest BCUT2D eigenvalue weighted by atomic mass is 16.5. The van der Waals surface area contributed by atoms with Crippen LogP contribution in [-0.2, 0) is 4.74 Å². The third-order valence-electron chi connectivity index (χ3n) is 3.32. The summed E-state index contributed by atoms with van der Waals surface area (Å²) in [6, 6.07) is 0. The zero-order valence-corrected chi connectivity index (χ0v) is 7.01. The molecule has 2 nitrogen and oxygen atoms in total. The predicted molar refractivity (Wildman–Crippen MR) is 44.3 cm³/mol. The molecular formula is C9H17NO. The second kappa shape index (κ2) is 2.76. The second-order valence-corrected chi connectivity index (χ2v) is 4.17. The van der Waals surface area contributed by atoms with E-state index in [1.54, 1.807) is 0 Å². The molecule has 1 aliphatic heterocycles. The molecule has 0 aromatic heterocycles. The molecule has 0 unspecified atom stereocenters. The van der Waals surface area contributed by atoms with Crippen LogP contribution >= 0.6 is 0 Å². The first kappa shape index (κ1) is 7.56. The van der Waals surface area contributed by atoms with Crippen LogP contribution in [0.2, 0.25) is 0 Å². The zero-order chi connectivity index (χ0) is 7.73. The molecule has 1 saturated carbocycles. The third-order valence-corrected chi connectivity index (χ3v) is 3.32. The van der Waals surface area contributed by atoms with E-state index in [1.807, 2.05) is 0 Å². The average molecular weight is 155 g/mol. The van der Waals surface area contributed by atoms with Gasteiger partial charge in [-0.15, -0.1) is 0 Å². The van der Waals surface area contributed by atoms with Crippen LogP contribution in [0.25, 0.3) is 0 Å². The van der Waals surface area contributed by atoms with Gasteiger partial charge in [0.1, 0.15) is 0 Å². The SMILES string of the molecule is NCC1CCC2(CC1)COC2. The van der Waals surface area contributed by atoms with Crippen LogP contribution in [0.5, 0.6) is 0 Å². The molecule has 64 valence electrons. The summed E-state index contributed by atoms with van der Waals surface area (Å²) in [6.45, 7) is 2.92. The highest BCUT2D eigenvalue weighted by molar-refractivity contribution is 4.90. The normalized spacial score (nSPS) is 30.3. The van der Waals surface area contributed by atoms with Gasteiger partial charge >= 0.3 is 0 Å². The molecule has 2 fully saturated rings. The minimum atomic E-state index is 0.603. The van der Waals surface area contributed by atoms with Gasteiger partial charge in [0.05, 0.1) is 13.2 Å². The standard InChI is InChI=1S/C9H17NO/c10-5-8-1-3-9(4-2-8)6-11-7-9/h8H,1-7,10H2. The summed E-state index contributed by atoms with van der Waals surface area (Å²) in [5.74, 6) is 0.807. The lowest BCUT2D eigenvalue weighted by Crippen LogP contribution is -2.45. The molecule has 1 aliphatic carbocycles. The molecular weight excluding hydrogens is 138 g/mol. The Labute approximate surface area is 68.1 Å². The minimum absolute atomic E-state index is 0.603. The van der Waals surface area contributed by atoms with Crippen molar-refractivity contribution >= 4 is 0 Å². The topological polar surface area (TPSA) is 35.2 Å². The zero-order valence-electron chi connectivity index (χ0n) is 7.01. The van der Waals surface area contributed by atoms with E-state index in [4.69, 9.17) is 10.5 Å². The maximum Gasteiger partial charge on any atom is 0.0544 e. The molecule has 2 N–H and O–H groups in total. The molecule has 0 aromatic rings. The summed E-state index contributed by atoms with van der Waals surface area (Å²) in [4.78, 5) is 0. The lowest BCUT2D eigenvalue weighted by molar-refractivity contribution is -0.135. The number of ether oxygens (including phenoxy) is 1. The van der Waals surface area contributed by atoms with Crippen LogP contribution in [0.15, 0.2) is 0 Å². The number of nitrogens with two attached hydrogens (primary N) is 1. The van der Waals surface area contributed by atoms with Crippen LogP contribution in [0.1, 0.15) is 25.7 Å². The first-order chi connectivity index (χ1) is 5.35. The van der Waals surface area contributed by atoms with Gasteiger partial charge in [0.15, 0.2) is 0 Å². The molecule has 0 amide bonds. The van der Waals surface area contributed by atoms with Crippen LogP contribution in [0.3, 0.4) is 0 Å². The average Bonchev–Trinajstić information content (AvgIpc) is 2.02. The first-order valence-corrected chi connectivity index (χ1v) is 4.62. The van der Waals surface area contributed by atoms with Crippen molar-refractivity contribution in [1.82, 2.24) is 0 Å². The van der Waals surface area contributed by atoms with Gasteiger partial charge in [0.2, 0.25) is 0 Å². The Morgan fingerprint density at radius 2 is 1.91 bits per heavy atom. The van der Waals surface area contributed by atoms with E-state index in [2.05, 4.69) is 0 Å². The molecule has 0 radical (unpaired) electrons. The molecule has 0 atom stereocenters. The van der Waals surface area contributed by atoms with Gasteiger partial charge in [-0.05, 0) is 38.1 Å². The van der Waals surface area contributed by atoms with E-state index in [9.17, 15) is 0 Å². The maximum atomic E-state index is 5.62. The summed E-state index contributed by atoms with van der Waals surface area (Å²) < 4.78 is 5.25. The van der Waals surface area contributed by atoms with E-state index in [-0.39, 0.29) is 0 Å². The molecule has 2 heteroatoms. The summed E-state index contributed by atoms with van der Waals surface area (Å²) >= 11 is 0. The van der Waals surface area contributed by atoms with Gasteiger partial charge in [-0.2, -0.15) is 0 Å². The molecule has 1 heterocycles. The van der Waals surface area contributed by atoms with Crippen molar-refractivity contribution in [3.63, 3.8) is 0 Å². The molecule has 1 saturated heterocycles. The largest absolute Gasteiger partial charge is 0.380 e. The fraction of sp³-hybridized carbons (Fsp3) is 1.00. The van der Waals surface area contributed by atoms with Crippen molar-refractivity contribution in [2.24, 2.45) is 17.1 Å². The minimum Gasteiger partial charge on any atom is -0.380 e. The maximum absolute atomic E-state index is 5.62.